The summed E-state index contributed by atoms with van der Waals surface area (Å²) < 4.78 is 5.41. The Kier molecular flexibility index (Phi) is 4.59. The SMILES string of the molecule is N#Cc1c[nH]c(C(=O)N2CCC3(CCc4c3nc(N3CCOCC3)[nH]c4=O)CC2)c1. The number of carbonyl (C=O) groups excluding carboxylic acids is 1. The van der Waals surface area contributed by atoms with Crippen LogP contribution in [0.15, 0.2) is 17.1 Å². The second kappa shape index (κ2) is 7.29. The number of ether oxygens (including phenoxy) is 1. The summed E-state index contributed by atoms with van der Waals surface area (Å²) in [5.41, 5.74) is 2.44. The lowest BCUT2D eigenvalue weighted by Crippen LogP contribution is -2.45. The molecule has 9 heteroatoms. The van der Waals surface area contributed by atoms with Crippen molar-refractivity contribution >= 4 is 11.9 Å². The molecule has 2 fully saturated rings. The van der Waals surface area contributed by atoms with Crippen LogP contribution in [0.1, 0.15) is 46.6 Å². The third-order valence-corrected chi connectivity index (χ3v) is 6.72. The number of rotatable bonds is 2. The first-order chi connectivity index (χ1) is 14.6. The molecule has 5 rings (SSSR count). The Bertz CT molecular complexity index is 1070. The van der Waals surface area contributed by atoms with E-state index in [1.54, 1.807) is 12.3 Å². The monoisotopic (exact) mass is 408 g/mol. The molecule has 2 saturated heterocycles. The van der Waals surface area contributed by atoms with Crippen molar-refractivity contribution in [3.05, 3.63) is 45.1 Å². The molecule has 0 unspecified atom stereocenters. The van der Waals surface area contributed by atoms with E-state index in [0.717, 1.165) is 50.0 Å². The number of morpholine rings is 1. The van der Waals surface area contributed by atoms with Crippen LogP contribution < -0.4 is 10.5 Å². The zero-order valence-corrected chi connectivity index (χ0v) is 16.7. The standard InChI is InChI=1S/C21H24N6O3/c22-12-14-11-16(23-13-14)19(29)26-5-3-21(4-6-26)2-1-15-17(21)24-20(25-18(15)28)27-7-9-30-10-8-27/h11,13,23H,1-10H2,(H,24,25,28). The van der Waals surface area contributed by atoms with Gasteiger partial charge in [-0.25, -0.2) is 4.98 Å². The summed E-state index contributed by atoms with van der Waals surface area (Å²) in [5, 5.41) is 8.97. The summed E-state index contributed by atoms with van der Waals surface area (Å²) >= 11 is 0. The molecule has 2 aromatic heterocycles. The largest absolute Gasteiger partial charge is 0.378 e. The molecule has 1 aliphatic carbocycles. The number of anilines is 1. The number of aromatic amines is 2. The maximum atomic E-state index is 12.8. The van der Waals surface area contributed by atoms with Crippen LogP contribution in [-0.2, 0) is 16.6 Å². The first-order valence-electron chi connectivity index (χ1n) is 10.4. The summed E-state index contributed by atoms with van der Waals surface area (Å²) in [4.78, 5) is 40.2. The fraction of sp³-hybridized carbons (Fsp3) is 0.524. The lowest BCUT2D eigenvalue weighted by Gasteiger charge is -2.39. The molecular weight excluding hydrogens is 384 g/mol. The van der Waals surface area contributed by atoms with Gasteiger partial charge >= 0.3 is 0 Å². The third-order valence-electron chi connectivity index (χ3n) is 6.72. The van der Waals surface area contributed by atoms with Crippen LogP contribution in [0.2, 0.25) is 0 Å². The van der Waals surface area contributed by atoms with E-state index in [4.69, 9.17) is 15.0 Å². The van der Waals surface area contributed by atoms with Crippen LogP contribution in [0, 0.1) is 11.3 Å². The van der Waals surface area contributed by atoms with Crippen molar-refractivity contribution in [2.45, 2.75) is 31.1 Å². The molecule has 0 atom stereocenters. The molecule has 4 heterocycles. The van der Waals surface area contributed by atoms with Crippen LogP contribution >= 0.6 is 0 Å². The number of nitriles is 1. The second-order valence-corrected chi connectivity index (χ2v) is 8.30. The number of aromatic nitrogens is 3. The lowest BCUT2D eigenvalue weighted by atomic mass is 9.76. The van der Waals surface area contributed by atoms with Crippen molar-refractivity contribution in [1.29, 1.82) is 5.26 Å². The fourth-order valence-corrected chi connectivity index (χ4v) is 4.94. The van der Waals surface area contributed by atoms with E-state index in [1.165, 1.54) is 0 Å². The van der Waals surface area contributed by atoms with Gasteiger partial charge in [0.25, 0.3) is 11.5 Å². The number of hydrogen-bond acceptors (Lipinski definition) is 6. The highest BCUT2D eigenvalue weighted by Gasteiger charge is 2.45. The second-order valence-electron chi connectivity index (χ2n) is 8.30. The average molecular weight is 408 g/mol. The van der Waals surface area contributed by atoms with Crippen molar-refractivity contribution in [3.63, 3.8) is 0 Å². The van der Waals surface area contributed by atoms with Gasteiger partial charge in [-0.05, 0) is 31.7 Å². The molecule has 3 aliphatic rings. The minimum Gasteiger partial charge on any atom is -0.378 e. The van der Waals surface area contributed by atoms with Gasteiger partial charge in [0, 0.05) is 43.4 Å². The predicted molar refractivity (Wildman–Crippen MR) is 109 cm³/mol. The van der Waals surface area contributed by atoms with Crippen LogP contribution in [-0.4, -0.2) is 65.2 Å². The minimum atomic E-state index is -0.144. The maximum absolute atomic E-state index is 12.8. The van der Waals surface area contributed by atoms with Crippen molar-refractivity contribution < 1.29 is 9.53 Å². The first-order valence-corrected chi connectivity index (χ1v) is 10.4. The van der Waals surface area contributed by atoms with Crippen molar-refractivity contribution in [2.75, 3.05) is 44.3 Å². The Morgan fingerprint density at radius 3 is 2.67 bits per heavy atom. The van der Waals surface area contributed by atoms with E-state index in [-0.39, 0.29) is 16.9 Å². The summed E-state index contributed by atoms with van der Waals surface area (Å²) in [6, 6.07) is 3.63. The number of carbonyl (C=O) groups is 1. The number of piperidine rings is 1. The molecule has 0 radical (unpaired) electrons. The summed E-state index contributed by atoms with van der Waals surface area (Å²) in [6.45, 7) is 3.93. The molecule has 156 valence electrons. The number of hydrogen-bond donors (Lipinski definition) is 2. The molecule has 0 aromatic carbocycles. The minimum absolute atomic E-state index is 0.0349. The Morgan fingerprint density at radius 1 is 1.20 bits per heavy atom. The van der Waals surface area contributed by atoms with Gasteiger partial charge in [0.05, 0.1) is 24.5 Å². The summed E-state index contributed by atoms with van der Waals surface area (Å²) in [6.07, 6.45) is 4.76. The molecule has 2 aliphatic heterocycles. The van der Waals surface area contributed by atoms with E-state index >= 15 is 0 Å². The fourth-order valence-electron chi connectivity index (χ4n) is 4.94. The van der Waals surface area contributed by atoms with E-state index < -0.39 is 0 Å². The highest BCUT2D eigenvalue weighted by atomic mass is 16.5. The molecule has 0 saturated carbocycles. The van der Waals surface area contributed by atoms with Crippen LogP contribution in [0.4, 0.5) is 5.95 Å². The molecular formula is C21H24N6O3. The number of H-pyrrole nitrogens is 2. The molecule has 0 bridgehead atoms. The third kappa shape index (κ3) is 3.08. The van der Waals surface area contributed by atoms with Crippen molar-refractivity contribution in [1.82, 2.24) is 19.9 Å². The van der Waals surface area contributed by atoms with Crippen molar-refractivity contribution in [2.24, 2.45) is 0 Å². The Labute approximate surface area is 173 Å². The average Bonchev–Trinajstić information content (AvgIpc) is 3.40. The molecule has 2 N–H and O–H groups in total. The van der Waals surface area contributed by atoms with Gasteiger partial charge in [-0.1, -0.05) is 0 Å². The molecule has 9 nitrogen and oxygen atoms in total. The number of amides is 1. The highest BCUT2D eigenvalue weighted by molar-refractivity contribution is 5.93. The van der Waals surface area contributed by atoms with Gasteiger partial charge in [-0.3, -0.25) is 14.6 Å². The zero-order valence-electron chi connectivity index (χ0n) is 16.7. The quantitative estimate of drug-likeness (QED) is 0.763. The van der Waals surface area contributed by atoms with Gasteiger partial charge in [-0.2, -0.15) is 5.26 Å². The van der Waals surface area contributed by atoms with Gasteiger partial charge < -0.3 is 19.5 Å². The van der Waals surface area contributed by atoms with Crippen molar-refractivity contribution in [3.8, 4) is 6.07 Å². The summed E-state index contributed by atoms with van der Waals surface area (Å²) in [5.74, 6) is 0.551. The topological polar surface area (TPSA) is 118 Å². The Hall–Kier alpha value is -3.12. The lowest BCUT2D eigenvalue weighted by molar-refractivity contribution is 0.0658. The molecule has 2 aromatic rings. The number of nitrogens with zero attached hydrogens (tertiary/aromatic N) is 4. The molecule has 30 heavy (non-hydrogen) atoms. The van der Waals surface area contributed by atoms with Gasteiger partial charge in [0.1, 0.15) is 11.8 Å². The first kappa shape index (κ1) is 18.9. The van der Waals surface area contributed by atoms with E-state index in [0.29, 0.717) is 43.5 Å². The predicted octanol–water partition coefficient (Wildman–Crippen LogP) is 0.926. The maximum Gasteiger partial charge on any atom is 0.270 e. The molecule has 1 amide bonds. The van der Waals surface area contributed by atoms with E-state index in [9.17, 15) is 9.59 Å². The smallest absolute Gasteiger partial charge is 0.270 e. The van der Waals surface area contributed by atoms with Gasteiger partial charge in [-0.15, -0.1) is 0 Å². The highest BCUT2D eigenvalue weighted by Crippen LogP contribution is 2.44. The van der Waals surface area contributed by atoms with Crippen LogP contribution in [0.25, 0.3) is 0 Å². The number of likely N-dealkylation sites (tertiary alicyclic amines) is 1. The van der Waals surface area contributed by atoms with Crippen LogP contribution in [0.5, 0.6) is 0 Å². The summed E-state index contributed by atoms with van der Waals surface area (Å²) in [7, 11) is 0. The Morgan fingerprint density at radius 2 is 1.97 bits per heavy atom. The number of fused-ring (bicyclic) bond motifs is 2. The molecule has 1 spiro atoms. The van der Waals surface area contributed by atoms with Gasteiger partial charge in [0.15, 0.2) is 0 Å². The number of nitrogens with one attached hydrogen (secondary N) is 2. The van der Waals surface area contributed by atoms with E-state index in [2.05, 4.69) is 14.9 Å². The normalized spacial score (nSPS) is 20.2. The zero-order chi connectivity index (χ0) is 20.7. The Balaban J connectivity index is 1.37. The van der Waals surface area contributed by atoms with Gasteiger partial charge in [0.2, 0.25) is 5.95 Å². The van der Waals surface area contributed by atoms with Crippen LogP contribution in [0.3, 0.4) is 0 Å². The van der Waals surface area contributed by atoms with E-state index in [1.807, 2.05) is 11.0 Å².